The smallest absolute Gasteiger partial charge is 0.411 e. The van der Waals surface area contributed by atoms with Crippen molar-refractivity contribution in [3.8, 4) is 0 Å². The summed E-state index contributed by atoms with van der Waals surface area (Å²) in [5, 5.41) is 2.59. The number of rotatable bonds is 3. The van der Waals surface area contributed by atoms with E-state index in [1.807, 2.05) is 30.3 Å². The molecule has 0 unspecified atom stereocenters. The van der Waals surface area contributed by atoms with Crippen LogP contribution in [-0.4, -0.2) is 17.7 Å². The third-order valence-corrected chi connectivity index (χ3v) is 4.40. The Balaban J connectivity index is 1.59. The zero-order valence-electron chi connectivity index (χ0n) is 14.3. The Hall–Kier alpha value is -3.73. The largest absolute Gasteiger partial charge is 0.444 e. The number of hydrogen-bond donors (Lipinski definition) is 1. The number of hydrogen-bond acceptors (Lipinski definition) is 4. The van der Waals surface area contributed by atoms with Crippen LogP contribution in [0.3, 0.4) is 0 Å². The number of carbonyl (C=O) groups excluding carboxylic acids is 3. The molecule has 1 N–H and O–H groups in total. The molecule has 3 aromatic rings. The van der Waals surface area contributed by atoms with E-state index in [0.717, 1.165) is 5.56 Å². The first-order chi connectivity index (χ1) is 13.1. The van der Waals surface area contributed by atoms with Crippen LogP contribution in [0.25, 0.3) is 0 Å². The highest BCUT2D eigenvalue weighted by Crippen LogP contribution is 2.31. The fourth-order valence-corrected chi connectivity index (χ4v) is 3.12. The van der Waals surface area contributed by atoms with Gasteiger partial charge in [0.1, 0.15) is 6.61 Å². The molecular formula is C22H15NO4. The molecule has 5 nitrogen and oxygen atoms in total. The normalized spacial score (nSPS) is 12.1. The maximum atomic E-state index is 12.9. The average Bonchev–Trinajstić information content (AvgIpc) is 2.71. The van der Waals surface area contributed by atoms with E-state index in [9.17, 15) is 14.4 Å². The monoisotopic (exact) mass is 357 g/mol. The van der Waals surface area contributed by atoms with Crippen molar-refractivity contribution < 1.29 is 19.1 Å². The number of ether oxygens (including phenoxy) is 1. The van der Waals surface area contributed by atoms with Gasteiger partial charge in [0, 0.05) is 16.7 Å². The Bertz CT molecular complexity index is 1060. The topological polar surface area (TPSA) is 72.5 Å². The molecule has 0 radical (unpaired) electrons. The Morgan fingerprint density at radius 3 is 2.11 bits per heavy atom. The number of amides is 1. The van der Waals surface area contributed by atoms with Crippen LogP contribution in [0.5, 0.6) is 0 Å². The van der Waals surface area contributed by atoms with Gasteiger partial charge in [0.05, 0.1) is 11.3 Å². The minimum atomic E-state index is -0.689. The van der Waals surface area contributed by atoms with Gasteiger partial charge in [-0.2, -0.15) is 0 Å². The maximum Gasteiger partial charge on any atom is 0.411 e. The molecule has 0 bridgehead atoms. The molecule has 132 valence electrons. The van der Waals surface area contributed by atoms with Crippen molar-refractivity contribution in [2.75, 3.05) is 5.32 Å². The van der Waals surface area contributed by atoms with E-state index >= 15 is 0 Å². The summed E-state index contributed by atoms with van der Waals surface area (Å²) in [5.74, 6) is -0.527. The van der Waals surface area contributed by atoms with Crippen LogP contribution in [0, 0.1) is 0 Å². The highest BCUT2D eigenvalue weighted by Gasteiger charge is 2.31. The molecule has 0 saturated carbocycles. The zero-order valence-corrected chi connectivity index (χ0v) is 14.3. The summed E-state index contributed by atoms with van der Waals surface area (Å²) in [6.07, 6.45) is -0.689. The van der Waals surface area contributed by atoms with Crippen LogP contribution in [0.2, 0.25) is 0 Å². The number of fused-ring (bicyclic) bond motifs is 2. The third kappa shape index (κ3) is 3.11. The average molecular weight is 357 g/mol. The molecule has 0 saturated heterocycles. The van der Waals surface area contributed by atoms with Gasteiger partial charge in [-0.3, -0.25) is 14.9 Å². The van der Waals surface area contributed by atoms with Gasteiger partial charge in [0.15, 0.2) is 11.6 Å². The zero-order chi connectivity index (χ0) is 18.8. The summed E-state index contributed by atoms with van der Waals surface area (Å²) in [7, 11) is 0. The van der Waals surface area contributed by atoms with Gasteiger partial charge in [0.25, 0.3) is 0 Å². The summed E-state index contributed by atoms with van der Waals surface area (Å²) in [6.45, 7) is 0.109. The molecule has 5 heteroatoms. The van der Waals surface area contributed by atoms with Gasteiger partial charge in [-0.05, 0) is 11.6 Å². The molecule has 27 heavy (non-hydrogen) atoms. The number of anilines is 1. The van der Waals surface area contributed by atoms with Crippen LogP contribution in [0.15, 0.2) is 72.8 Å². The molecular weight excluding hydrogens is 342 g/mol. The van der Waals surface area contributed by atoms with Gasteiger partial charge < -0.3 is 4.74 Å². The summed E-state index contributed by atoms with van der Waals surface area (Å²) >= 11 is 0. The van der Waals surface area contributed by atoms with Gasteiger partial charge in [-0.25, -0.2) is 4.79 Å². The third-order valence-electron chi connectivity index (χ3n) is 4.40. The maximum absolute atomic E-state index is 12.9. The van der Waals surface area contributed by atoms with Crippen molar-refractivity contribution in [2.24, 2.45) is 0 Å². The minimum absolute atomic E-state index is 0.109. The number of benzene rings is 3. The lowest BCUT2D eigenvalue weighted by Crippen LogP contribution is -2.24. The van der Waals surface area contributed by atoms with Gasteiger partial charge in [-0.15, -0.1) is 0 Å². The Morgan fingerprint density at radius 1 is 0.741 bits per heavy atom. The van der Waals surface area contributed by atoms with E-state index in [0.29, 0.717) is 11.1 Å². The first-order valence-electron chi connectivity index (χ1n) is 8.44. The molecule has 0 aromatic heterocycles. The number of ketones is 2. The molecule has 0 spiro atoms. The van der Waals surface area contributed by atoms with Crippen LogP contribution in [0.1, 0.15) is 37.4 Å². The van der Waals surface area contributed by atoms with Crippen LogP contribution in [-0.2, 0) is 11.3 Å². The summed E-state index contributed by atoms with van der Waals surface area (Å²) in [6, 6.07) is 20.7. The second-order valence-electron chi connectivity index (χ2n) is 6.12. The summed E-state index contributed by atoms with van der Waals surface area (Å²) < 4.78 is 5.21. The molecule has 1 aliphatic rings. The molecule has 0 aliphatic heterocycles. The van der Waals surface area contributed by atoms with Crippen molar-refractivity contribution in [3.05, 3.63) is 101 Å². The summed E-state index contributed by atoms with van der Waals surface area (Å²) in [4.78, 5) is 37.8. The van der Waals surface area contributed by atoms with E-state index < -0.39 is 6.09 Å². The van der Waals surface area contributed by atoms with Crippen molar-refractivity contribution >= 4 is 23.3 Å². The van der Waals surface area contributed by atoms with Gasteiger partial charge >= 0.3 is 6.09 Å². The van der Waals surface area contributed by atoms with Crippen molar-refractivity contribution in [1.29, 1.82) is 0 Å². The van der Waals surface area contributed by atoms with E-state index in [1.54, 1.807) is 42.5 Å². The number of nitrogens with one attached hydrogen (secondary N) is 1. The van der Waals surface area contributed by atoms with Gasteiger partial charge in [-0.1, -0.05) is 66.7 Å². The SMILES string of the molecule is O=C(Nc1cccc2c1C(=O)c1ccccc1C2=O)OCc1ccccc1. The van der Waals surface area contributed by atoms with E-state index in [1.165, 1.54) is 0 Å². The molecule has 0 heterocycles. The highest BCUT2D eigenvalue weighted by molar-refractivity contribution is 6.30. The van der Waals surface area contributed by atoms with Crippen molar-refractivity contribution in [3.63, 3.8) is 0 Å². The Morgan fingerprint density at radius 2 is 1.37 bits per heavy atom. The second kappa shape index (κ2) is 6.88. The molecule has 0 atom stereocenters. The Kier molecular flexibility index (Phi) is 4.26. The van der Waals surface area contributed by atoms with Crippen LogP contribution >= 0.6 is 0 Å². The first kappa shape index (κ1) is 16.7. The second-order valence-corrected chi connectivity index (χ2v) is 6.12. The van der Waals surface area contributed by atoms with E-state index in [2.05, 4.69) is 5.32 Å². The Labute approximate surface area is 155 Å². The fraction of sp³-hybridized carbons (Fsp3) is 0.0455. The molecule has 1 aliphatic carbocycles. The van der Waals surface area contributed by atoms with E-state index in [4.69, 9.17) is 4.74 Å². The van der Waals surface area contributed by atoms with Gasteiger partial charge in [0.2, 0.25) is 0 Å². The predicted octanol–water partition coefficient (Wildman–Crippen LogP) is 4.21. The fourth-order valence-electron chi connectivity index (χ4n) is 3.12. The quantitative estimate of drug-likeness (QED) is 0.596. The molecule has 1 amide bonds. The van der Waals surface area contributed by atoms with Crippen molar-refractivity contribution in [2.45, 2.75) is 6.61 Å². The molecule has 4 rings (SSSR count). The summed E-state index contributed by atoms with van der Waals surface area (Å²) in [5.41, 5.74) is 2.29. The lowest BCUT2D eigenvalue weighted by molar-refractivity contribution is 0.0979. The minimum Gasteiger partial charge on any atom is -0.444 e. The predicted molar refractivity (Wildman–Crippen MR) is 100.0 cm³/mol. The van der Waals surface area contributed by atoms with Crippen molar-refractivity contribution in [1.82, 2.24) is 0 Å². The van der Waals surface area contributed by atoms with Crippen LogP contribution in [0.4, 0.5) is 10.5 Å². The van der Waals surface area contributed by atoms with E-state index in [-0.39, 0.29) is 35.0 Å². The lowest BCUT2D eigenvalue weighted by atomic mass is 9.83. The number of carbonyl (C=O) groups is 3. The lowest BCUT2D eigenvalue weighted by Gasteiger charge is -2.20. The highest BCUT2D eigenvalue weighted by atomic mass is 16.5. The molecule has 0 fully saturated rings. The molecule has 3 aromatic carbocycles. The standard InChI is InChI=1S/C22H15NO4/c24-20-15-9-4-5-10-16(15)21(25)19-17(20)11-6-12-18(19)23-22(26)27-13-14-7-2-1-3-8-14/h1-12H,13H2,(H,23,26). The first-order valence-corrected chi connectivity index (χ1v) is 8.44. The van der Waals surface area contributed by atoms with Crippen LogP contribution < -0.4 is 5.32 Å².